The minimum absolute atomic E-state index is 0.106. The predicted molar refractivity (Wildman–Crippen MR) is 103 cm³/mol. The van der Waals surface area contributed by atoms with Crippen molar-refractivity contribution >= 4 is 16.7 Å². The molecule has 2 aromatic carbocycles. The number of hydrogen-bond donors (Lipinski definition) is 3. The third-order valence-corrected chi connectivity index (χ3v) is 5.44. The molecule has 3 rings (SSSR count). The number of piperidine rings is 1. The van der Waals surface area contributed by atoms with E-state index in [1.165, 1.54) is 23.6 Å². The molecule has 1 aliphatic rings. The Bertz CT molecular complexity index is 709. The molecule has 1 aliphatic heterocycles. The summed E-state index contributed by atoms with van der Waals surface area (Å²) in [7, 11) is 0. The van der Waals surface area contributed by atoms with E-state index in [0.717, 1.165) is 18.7 Å². The van der Waals surface area contributed by atoms with E-state index in [1.807, 2.05) is 12.1 Å². The molecule has 4 N–H and O–H groups in total. The van der Waals surface area contributed by atoms with E-state index in [2.05, 4.69) is 47.9 Å². The van der Waals surface area contributed by atoms with Gasteiger partial charge in [-0.25, -0.2) is 0 Å². The fourth-order valence-corrected chi connectivity index (χ4v) is 3.83. The number of carbonyl (C=O) groups excluding carboxylic acids is 1. The van der Waals surface area contributed by atoms with Gasteiger partial charge >= 0.3 is 0 Å². The van der Waals surface area contributed by atoms with Gasteiger partial charge in [-0.3, -0.25) is 4.79 Å². The normalized spacial score (nSPS) is 18.0. The molecule has 0 radical (unpaired) electrons. The van der Waals surface area contributed by atoms with E-state index < -0.39 is 0 Å². The minimum atomic E-state index is -0.127. The smallest absolute Gasteiger partial charge is 0.220 e. The van der Waals surface area contributed by atoms with Crippen LogP contribution in [0.2, 0.25) is 0 Å². The SMILES string of the molecule is CC(CC(=O)NC(CN)c1ccc2ccccc2c1)C1CCNCC1. The molecule has 2 unspecified atom stereocenters. The number of fused-ring (bicyclic) bond motifs is 1. The highest BCUT2D eigenvalue weighted by molar-refractivity contribution is 5.83. The first-order chi connectivity index (χ1) is 12.2. The zero-order valence-corrected chi connectivity index (χ0v) is 15.0. The Balaban J connectivity index is 1.62. The molecule has 1 amide bonds. The first-order valence-electron chi connectivity index (χ1n) is 9.36. The largest absolute Gasteiger partial charge is 0.348 e. The second-order valence-corrected chi connectivity index (χ2v) is 7.23. The zero-order chi connectivity index (χ0) is 17.6. The van der Waals surface area contributed by atoms with Crippen molar-refractivity contribution in [2.24, 2.45) is 17.6 Å². The van der Waals surface area contributed by atoms with Crippen molar-refractivity contribution in [3.8, 4) is 0 Å². The summed E-state index contributed by atoms with van der Waals surface area (Å²) in [6.45, 7) is 4.74. The van der Waals surface area contributed by atoms with Crippen LogP contribution in [0.4, 0.5) is 0 Å². The molecule has 25 heavy (non-hydrogen) atoms. The van der Waals surface area contributed by atoms with Crippen molar-refractivity contribution in [1.29, 1.82) is 0 Å². The van der Waals surface area contributed by atoms with Crippen LogP contribution in [0.3, 0.4) is 0 Å². The van der Waals surface area contributed by atoms with Gasteiger partial charge < -0.3 is 16.4 Å². The standard InChI is InChI=1S/C21H29N3O/c1-15(16-8-10-23-11-9-16)12-21(25)24-20(14-22)19-7-6-17-4-2-3-5-18(17)13-19/h2-7,13,15-16,20,23H,8-12,14,22H2,1H3,(H,24,25). The monoisotopic (exact) mass is 339 g/mol. The first kappa shape index (κ1) is 17.9. The lowest BCUT2D eigenvalue weighted by Gasteiger charge is -2.28. The summed E-state index contributed by atoms with van der Waals surface area (Å²) in [4.78, 5) is 12.5. The summed E-state index contributed by atoms with van der Waals surface area (Å²) >= 11 is 0. The third kappa shape index (κ3) is 4.59. The maximum Gasteiger partial charge on any atom is 0.220 e. The van der Waals surface area contributed by atoms with Crippen molar-refractivity contribution in [2.75, 3.05) is 19.6 Å². The molecule has 0 bridgehead atoms. The molecule has 4 nitrogen and oxygen atoms in total. The number of nitrogens with one attached hydrogen (secondary N) is 2. The Kier molecular flexibility index (Phi) is 6.05. The van der Waals surface area contributed by atoms with Crippen LogP contribution in [-0.4, -0.2) is 25.5 Å². The zero-order valence-electron chi connectivity index (χ0n) is 15.0. The van der Waals surface area contributed by atoms with E-state index >= 15 is 0 Å². The molecule has 2 atom stereocenters. The third-order valence-electron chi connectivity index (χ3n) is 5.44. The highest BCUT2D eigenvalue weighted by Crippen LogP contribution is 2.25. The van der Waals surface area contributed by atoms with Gasteiger partial charge in [-0.15, -0.1) is 0 Å². The summed E-state index contributed by atoms with van der Waals surface area (Å²) in [6, 6.07) is 14.4. The van der Waals surface area contributed by atoms with Gasteiger partial charge in [0.2, 0.25) is 5.91 Å². The molecule has 0 aromatic heterocycles. The average molecular weight is 339 g/mol. The molecule has 1 fully saturated rings. The second kappa shape index (κ2) is 8.45. The molecular formula is C21H29N3O. The van der Waals surface area contributed by atoms with Crippen LogP contribution in [-0.2, 0) is 4.79 Å². The Morgan fingerprint density at radius 1 is 1.20 bits per heavy atom. The number of benzene rings is 2. The molecule has 134 valence electrons. The predicted octanol–water partition coefficient (Wildman–Crippen LogP) is 2.98. The number of amides is 1. The van der Waals surface area contributed by atoms with Gasteiger partial charge in [-0.1, -0.05) is 43.3 Å². The van der Waals surface area contributed by atoms with Crippen molar-refractivity contribution in [3.05, 3.63) is 48.0 Å². The summed E-state index contributed by atoms with van der Waals surface area (Å²) < 4.78 is 0. The quantitative estimate of drug-likeness (QED) is 0.758. The minimum Gasteiger partial charge on any atom is -0.348 e. The molecule has 4 heteroatoms. The lowest BCUT2D eigenvalue weighted by Crippen LogP contribution is -2.36. The van der Waals surface area contributed by atoms with Gasteiger partial charge in [0, 0.05) is 13.0 Å². The van der Waals surface area contributed by atoms with Crippen molar-refractivity contribution < 1.29 is 4.79 Å². The summed E-state index contributed by atoms with van der Waals surface area (Å²) in [5, 5.41) is 8.90. The van der Waals surface area contributed by atoms with Gasteiger partial charge in [-0.05, 0) is 60.2 Å². The van der Waals surface area contributed by atoms with E-state index in [4.69, 9.17) is 5.73 Å². The highest BCUT2D eigenvalue weighted by Gasteiger charge is 2.23. The Labute approximate surface area is 150 Å². The van der Waals surface area contributed by atoms with Crippen LogP contribution in [0, 0.1) is 11.8 Å². The number of rotatable bonds is 6. The average Bonchev–Trinajstić information content (AvgIpc) is 2.66. The van der Waals surface area contributed by atoms with Gasteiger partial charge in [0.05, 0.1) is 6.04 Å². The number of carbonyl (C=O) groups is 1. The molecule has 0 spiro atoms. The first-order valence-corrected chi connectivity index (χ1v) is 9.36. The van der Waals surface area contributed by atoms with Crippen molar-refractivity contribution in [2.45, 2.75) is 32.2 Å². The van der Waals surface area contributed by atoms with Gasteiger partial charge in [0.15, 0.2) is 0 Å². The van der Waals surface area contributed by atoms with Gasteiger partial charge in [0.25, 0.3) is 0 Å². The number of nitrogens with two attached hydrogens (primary N) is 1. The van der Waals surface area contributed by atoms with Crippen molar-refractivity contribution in [1.82, 2.24) is 10.6 Å². The fraction of sp³-hybridized carbons (Fsp3) is 0.476. The van der Waals surface area contributed by atoms with Crippen LogP contribution in [0.1, 0.15) is 37.8 Å². The second-order valence-electron chi connectivity index (χ2n) is 7.23. The van der Waals surface area contributed by atoms with Gasteiger partial charge in [0.1, 0.15) is 0 Å². The molecule has 2 aromatic rings. The van der Waals surface area contributed by atoms with E-state index in [-0.39, 0.29) is 11.9 Å². The fourth-order valence-electron chi connectivity index (χ4n) is 3.83. The van der Waals surface area contributed by atoms with Crippen LogP contribution in [0.15, 0.2) is 42.5 Å². The van der Waals surface area contributed by atoms with E-state index in [1.54, 1.807) is 0 Å². The summed E-state index contributed by atoms with van der Waals surface area (Å²) in [5.41, 5.74) is 7.02. The maximum atomic E-state index is 12.5. The van der Waals surface area contributed by atoms with Crippen LogP contribution in [0.25, 0.3) is 10.8 Å². The topological polar surface area (TPSA) is 67.2 Å². The van der Waals surface area contributed by atoms with Crippen LogP contribution < -0.4 is 16.4 Å². The van der Waals surface area contributed by atoms with Gasteiger partial charge in [-0.2, -0.15) is 0 Å². The molecule has 1 saturated heterocycles. The summed E-state index contributed by atoms with van der Waals surface area (Å²) in [5.74, 6) is 1.16. The maximum absolute atomic E-state index is 12.5. The van der Waals surface area contributed by atoms with Crippen LogP contribution >= 0.6 is 0 Å². The van der Waals surface area contributed by atoms with E-state index in [0.29, 0.717) is 24.8 Å². The highest BCUT2D eigenvalue weighted by atomic mass is 16.1. The van der Waals surface area contributed by atoms with E-state index in [9.17, 15) is 4.79 Å². The van der Waals surface area contributed by atoms with Crippen LogP contribution in [0.5, 0.6) is 0 Å². The summed E-state index contributed by atoms with van der Waals surface area (Å²) in [6.07, 6.45) is 2.91. The lowest BCUT2D eigenvalue weighted by molar-refractivity contribution is -0.123. The Hall–Kier alpha value is -1.91. The number of hydrogen-bond acceptors (Lipinski definition) is 3. The molecular weight excluding hydrogens is 310 g/mol. The van der Waals surface area contributed by atoms with Crippen molar-refractivity contribution in [3.63, 3.8) is 0 Å². The molecule has 0 saturated carbocycles. The molecule has 1 heterocycles. The Morgan fingerprint density at radius 3 is 2.64 bits per heavy atom. The molecule has 0 aliphatic carbocycles. The lowest BCUT2D eigenvalue weighted by atomic mass is 9.84. The Morgan fingerprint density at radius 2 is 1.92 bits per heavy atom.